The summed E-state index contributed by atoms with van der Waals surface area (Å²) in [5.74, 6) is -0.392. The van der Waals surface area contributed by atoms with E-state index in [4.69, 9.17) is 16.7 Å². The average molecular weight is 291 g/mol. The quantitative estimate of drug-likeness (QED) is 0.882. The van der Waals surface area contributed by atoms with Crippen molar-refractivity contribution in [1.82, 2.24) is 5.32 Å². The van der Waals surface area contributed by atoms with Gasteiger partial charge in [0.25, 0.3) is 5.91 Å². The van der Waals surface area contributed by atoms with Crippen molar-refractivity contribution in [3.8, 4) is 0 Å². The molecule has 0 aromatic heterocycles. The number of hydrogen-bond donors (Lipinski definition) is 2. The fourth-order valence-electron chi connectivity index (χ4n) is 1.43. The van der Waals surface area contributed by atoms with Crippen molar-refractivity contribution in [2.24, 2.45) is 5.14 Å². The van der Waals surface area contributed by atoms with Crippen molar-refractivity contribution in [2.45, 2.75) is 31.7 Å². The summed E-state index contributed by atoms with van der Waals surface area (Å²) in [6, 6.07) is 2.59. The molecule has 1 amide bonds. The Kier molecular flexibility index (Phi) is 4.37. The van der Waals surface area contributed by atoms with Crippen molar-refractivity contribution in [1.29, 1.82) is 0 Å². The van der Waals surface area contributed by atoms with Gasteiger partial charge in [0.05, 0.1) is 4.90 Å². The van der Waals surface area contributed by atoms with Crippen LogP contribution in [0.1, 0.15) is 29.8 Å². The monoisotopic (exact) mass is 290 g/mol. The summed E-state index contributed by atoms with van der Waals surface area (Å²) in [5.41, 5.74) is 0.503. The molecule has 0 radical (unpaired) electrons. The van der Waals surface area contributed by atoms with Gasteiger partial charge < -0.3 is 5.32 Å². The number of rotatable bonds is 3. The first-order valence-corrected chi connectivity index (χ1v) is 7.19. The van der Waals surface area contributed by atoms with E-state index >= 15 is 0 Å². The van der Waals surface area contributed by atoms with E-state index in [0.717, 1.165) is 0 Å². The predicted octanol–water partition coefficient (Wildman–Crippen LogP) is 1.43. The zero-order valence-electron chi connectivity index (χ0n) is 10.3. The third-order valence-corrected chi connectivity index (χ3v) is 3.71. The molecule has 0 aliphatic carbocycles. The summed E-state index contributed by atoms with van der Waals surface area (Å²) >= 11 is 5.91. The highest BCUT2D eigenvalue weighted by molar-refractivity contribution is 7.89. The Balaban J connectivity index is 3.34. The molecule has 0 atom stereocenters. The molecule has 0 unspecified atom stereocenters. The molecule has 18 heavy (non-hydrogen) atoms. The van der Waals surface area contributed by atoms with Crippen LogP contribution in [0, 0.1) is 6.92 Å². The molecule has 0 saturated heterocycles. The lowest BCUT2D eigenvalue weighted by Crippen LogP contribution is -2.30. The lowest BCUT2D eigenvalue weighted by atomic mass is 10.1. The van der Waals surface area contributed by atoms with Gasteiger partial charge in [0.15, 0.2) is 0 Å². The van der Waals surface area contributed by atoms with Crippen molar-refractivity contribution < 1.29 is 13.2 Å². The minimum atomic E-state index is -3.90. The number of carbonyl (C=O) groups is 1. The van der Waals surface area contributed by atoms with Crippen LogP contribution in [0.4, 0.5) is 0 Å². The standard InChI is InChI=1S/C11H15ClN2O3S/c1-6(2)14-11(15)8-4-9(12)7(3)10(5-8)18(13,16)17/h4-6H,1-3H3,(H,14,15)(H2,13,16,17). The van der Waals surface area contributed by atoms with Crippen molar-refractivity contribution >= 4 is 27.5 Å². The molecule has 0 aliphatic heterocycles. The van der Waals surface area contributed by atoms with Crippen LogP contribution < -0.4 is 10.5 Å². The van der Waals surface area contributed by atoms with Crippen LogP contribution in [0.3, 0.4) is 0 Å². The molecule has 3 N–H and O–H groups in total. The smallest absolute Gasteiger partial charge is 0.251 e. The number of benzene rings is 1. The van der Waals surface area contributed by atoms with Crippen LogP contribution >= 0.6 is 11.6 Å². The number of sulfonamides is 1. The van der Waals surface area contributed by atoms with Crippen molar-refractivity contribution in [3.63, 3.8) is 0 Å². The number of primary sulfonamides is 1. The molecule has 0 aliphatic rings. The molecule has 0 heterocycles. The van der Waals surface area contributed by atoms with Gasteiger partial charge in [-0.15, -0.1) is 0 Å². The number of hydrogen-bond acceptors (Lipinski definition) is 3. The predicted molar refractivity (Wildman–Crippen MR) is 70.2 cm³/mol. The van der Waals surface area contributed by atoms with Crippen LogP contribution in [-0.4, -0.2) is 20.4 Å². The maximum atomic E-state index is 11.8. The normalized spacial score (nSPS) is 11.7. The molecule has 1 rings (SSSR count). The average Bonchev–Trinajstić information content (AvgIpc) is 2.18. The fourth-order valence-corrected chi connectivity index (χ4v) is 2.53. The molecular formula is C11H15ClN2O3S. The lowest BCUT2D eigenvalue weighted by Gasteiger charge is -2.11. The Labute approximate surface area is 111 Å². The van der Waals surface area contributed by atoms with E-state index in [9.17, 15) is 13.2 Å². The minimum Gasteiger partial charge on any atom is -0.350 e. The molecule has 5 nitrogen and oxygen atoms in total. The van der Waals surface area contributed by atoms with Crippen LogP contribution in [-0.2, 0) is 10.0 Å². The van der Waals surface area contributed by atoms with Gasteiger partial charge in [-0.1, -0.05) is 11.6 Å². The largest absolute Gasteiger partial charge is 0.350 e. The molecule has 0 bridgehead atoms. The third-order valence-electron chi connectivity index (χ3n) is 2.29. The topological polar surface area (TPSA) is 89.3 Å². The molecule has 7 heteroatoms. The zero-order chi connectivity index (χ0) is 14.1. The highest BCUT2D eigenvalue weighted by Gasteiger charge is 2.18. The lowest BCUT2D eigenvalue weighted by molar-refractivity contribution is 0.0943. The van der Waals surface area contributed by atoms with Gasteiger partial charge >= 0.3 is 0 Å². The van der Waals surface area contributed by atoms with E-state index < -0.39 is 15.9 Å². The summed E-state index contributed by atoms with van der Waals surface area (Å²) < 4.78 is 22.8. The number of halogens is 1. The second kappa shape index (κ2) is 5.26. The molecular weight excluding hydrogens is 276 g/mol. The van der Waals surface area contributed by atoms with Gasteiger partial charge in [-0.3, -0.25) is 4.79 Å². The molecule has 0 spiro atoms. The highest BCUT2D eigenvalue weighted by Crippen LogP contribution is 2.24. The zero-order valence-corrected chi connectivity index (χ0v) is 11.9. The first kappa shape index (κ1) is 14.9. The summed E-state index contributed by atoms with van der Waals surface area (Å²) in [5, 5.41) is 7.92. The van der Waals surface area contributed by atoms with Crippen LogP contribution in [0.15, 0.2) is 17.0 Å². The Bertz CT molecular complexity index is 582. The first-order chi connectivity index (χ1) is 8.12. The Morgan fingerprint density at radius 2 is 1.94 bits per heavy atom. The van der Waals surface area contributed by atoms with Gasteiger partial charge in [0.2, 0.25) is 10.0 Å². The van der Waals surface area contributed by atoms with Crippen LogP contribution in [0.25, 0.3) is 0 Å². The number of nitrogens with two attached hydrogens (primary N) is 1. The summed E-state index contributed by atoms with van der Waals surface area (Å²) in [7, 11) is -3.90. The summed E-state index contributed by atoms with van der Waals surface area (Å²) in [6.07, 6.45) is 0. The fraction of sp³-hybridized carbons (Fsp3) is 0.364. The van der Waals surface area contributed by atoms with E-state index in [1.54, 1.807) is 13.8 Å². The van der Waals surface area contributed by atoms with E-state index in [2.05, 4.69) is 5.32 Å². The first-order valence-electron chi connectivity index (χ1n) is 5.26. The Morgan fingerprint density at radius 3 is 2.39 bits per heavy atom. The van der Waals surface area contributed by atoms with E-state index in [1.807, 2.05) is 0 Å². The van der Waals surface area contributed by atoms with E-state index in [-0.39, 0.29) is 21.5 Å². The Hall–Kier alpha value is -1.11. The second-order valence-electron chi connectivity index (χ2n) is 4.25. The highest BCUT2D eigenvalue weighted by atomic mass is 35.5. The second-order valence-corrected chi connectivity index (χ2v) is 6.19. The Morgan fingerprint density at radius 1 is 1.39 bits per heavy atom. The van der Waals surface area contributed by atoms with E-state index in [0.29, 0.717) is 5.56 Å². The van der Waals surface area contributed by atoms with Crippen molar-refractivity contribution in [3.05, 3.63) is 28.3 Å². The maximum absolute atomic E-state index is 11.8. The van der Waals surface area contributed by atoms with Gasteiger partial charge in [-0.05, 0) is 38.5 Å². The van der Waals surface area contributed by atoms with Gasteiger partial charge in [-0.2, -0.15) is 0 Å². The summed E-state index contributed by atoms with van der Waals surface area (Å²) in [4.78, 5) is 11.7. The number of amides is 1. The number of nitrogens with one attached hydrogen (secondary N) is 1. The maximum Gasteiger partial charge on any atom is 0.251 e. The SMILES string of the molecule is Cc1c(Cl)cc(C(=O)NC(C)C)cc1S(N)(=O)=O. The molecule has 100 valence electrons. The van der Waals surface area contributed by atoms with Gasteiger partial charge in [0.1, 0.15) is 0 Å². The van der Waals surface area contributed by atoms with Gasteiger partial charge in [0, 0.05) is 16.6 Å². The molecule has 1 aromatic rings. The van der Waals surface area contributed by atoms with Crippen molar-refractivity contribution in [2.75, 3.05) is 0 Å². The van der Waals surface area contributed by atoms with E-state index in [1.165, 1.54) is 19.1 Å². The summed E-state index contributed by atoms with van der Waals surface area (Å²) in [6.45, 7) is 5.13. The molecule has 0 fully saturated rings. The van der Waals surface area contributed by atoms with Crippen LogP contribution in [0.5, 0.6) is 0 Å². The number of carbonyl (C=O) groups excluding carboxylic acids is 1. The van der Waals surface area contributed by atoms with Crippen LogP contribution in [0.2, 0.25) is 5.02 Å². The van der Waals surface area contributed by atoms with Gasteiger partial charge in [-0.25, -0.2) is 13.6 Å². The molecule has 0 saturated carbocycles. The molecule has 1 aromatic carbocycles. The third kappa shape index (κ3) is 3.44. The minimum absolute atomic E-state index is 0.0597.